The summed E-state index contributed by atoms with van der Waals surface area (Å²) in [6.07, 6.45) is 1.60. The molecule has 0 amide bonds. The summed E-state index contributed by atoms with van der Waals surface area (Å²) in [6.45, 7) is 0.875. The number of aromatic nitrogens is 2. The van der Waals surface area contributed by atoms with Crippen LogP contribution in [0.5, 0.6) is 0 Å². The Morgan fingerprint density at radius 3 is 2.48 bits per heavy atom. The first kappa shape index (κ1) is 14.3. The maximum absolute atomic E-state index is 13.8. The average molecular weight is 318 g/mol. The molecule has 0 saturated carbocycles. The number of nitrogens with zero attached hydrogens (tertiary/aromatic N) is 2. The SMILES string of the molecule is CC(F)(F)C1(c2ccc3c(cnn3-c3ccc(F)cc3)c2)CO1. The van der Waals surface area contributed by atoms with Crippen molar-refractivity contribution in [3.63, 3.8) is 0 Å². The highest BCUT2D eigenvalue weighted by atomic mass is 19.3. The van der Waals surface area contributed by atoms with Gasteiger partial charge in [0.05, 0.1) is 24.0 Å². The lowest BCUT2D eigenvalue weighted by molar-refractivity contribution is -0.0608. The van der Waals surface area contributed by atoms with Gasteiger partial charge in [-0.15, -0.1) is 0 Å². The van der Waals surface area contributed by atoms with Crippen LogP contribution < -0.4 is 0 Å². The Balaban J connectivity index is 1.80. The van der Waals surface area contributed by atoms with Crippen molar-refractivity contribution in [1.29, 1.82) is 0 Å². The summed E-state index contributed by atoms with van der Waals surface area (Å²) in [7, 11) is 0. The molecule has 23 heavy (non-hydrogen) atoms. The van der Waals surface area contributed by atoms with Crippen molar-refractivity contribution in [1.82, 2.24) is 9.78 Å². The van der Waals surface area contributed by atoms with Crippen LogP contribution in [0.4, 0.5) is 13.2 Å². The fourth-order valence-electron chi connectivity index (χ4n) is 2.82. The van der Waals surface area contributed by atoms with Crippen molar-refractivity contribution in [3.8, 4) is 5.69 Å². The molecule has 1 aliphatic rings. The lowest BCUT2D eigenvalue weighted by Gasteiger charge is -2.20. The molecule has 1 aliphatic heterocycles. The Kier molecular flexibility index (Phi) is 2.84. The highest BCUT2D eigenvalue weighted by Gasteiger charge is 2.62. The Bertz CT molecular complexity index is 877. The van der Waals surface area contributed by atoms with Gasteiger partial charge < -0.3 is 4.74 Å². The predicted octanol–water partition coefficient (Wildman–Crippen LogP) is 4.05. The Morgan fingerprint density at radius 1 is 1.17 bits per heavy atom. The first-order valence-electron chi connectivity index (χ1n) is 7.17. The van der Waals surface area contributed by atoms with Gasteiger partial charge in [0.2, 0.25) is 0 Å². The van der Waals surface area contributed by atoms with Gasteiger partial charge in [0.1, 0.15) is 5.82 Å². The lowest BCUT2D eigenvalue weighted by Crippen LogP contribution is -2.31. The molecule has 2 aromatic carbocycles. The number of alkyl halides is 2. The molecule has 0 bridgehead atoms. The molecule has 0 N–H and O–H groups in total. The molecule has 3 aromatic rings. The monoisotopic (exact) mass is 318 g/mol. The van der Waals surface area contributed by atoms with E-state index >= 15 is 0 Å². The molecule has 4 rings (SSSR count). The summed E-state index contributed by atoms with van der Waals surface area (Å²) in [6, 6.07) is 11.0. The molecule has 0 spiro atoms. The molecular formula is C17H13F3N2O. The van der Waals surface area contributed by atoms with Crippen LogP contribution in [0.25, 0.3) is 16.6 Å². The Hall–Kier alpha value is -2.34. The van der Waals surface area contributed by atoms with Crippen LogP contribution in [0.15, 0.2) is 48.7 Å². The largest absolute Gasteiger partial charge is 0.358 e. The normalized spacial score (nSPS) is 20.9. The lowest BCUT2D eigenvalue weighted by atomic mass is 9.93. The van der Waals surface area contributed by atoms with Crippen LogP contribution in [0.2, 0.25) is 0 Å². The minimum absolute atomic E-state index is 0.00804. The number of fused-ring (bicyclic) bond motifs is 1. The number of ether oxygens (including phenoxy) is 1. The maximum atomic E-state index is 13.8. The van der Waals surface area contributed by atoms with Crippen LogP contribution in [0.1, 0.15) is 12.5 Å². The van der Waals surface area contributed by atoms with E-state index in [1.54, 1.807) is 41.2 Å². The molecule has 1 fully saturated rings. The molecule has 6 heteroatoms. The van der Waals surface area contributed by atoms with Gasteiger partial charge in [-0.05, 0) is 42.0 Å². The molecule has 0 radical (unpaired) electrons. The second-order valence-electron chi connectivity index (χ2n) is 5.81. The molecule has 3 nitrogen and oxygen atoms in total. The number of rotatable bonds is 3. The van der Waals surface area contributed by atoms with E-state index in [9.17, 15) is 13.2 Å². The summed E-state index contributed by atoms with van der Waals surface area (Å²) in [5.74, 6) is -3.28. The number of hydrogen-bond acceptors (Lipinski definition) is 2. The van der Waals surface area contributed by atoms with Gasteiger partial charge in [-0.25, -0.2) is 17.9 Å². The summed E-state index contributed by atoms with van der Waals surface area (Å²) in [4.78, 5) is 0. The van der Waals surface area contributed by atoms with Crippen LogP contribution >= 0.6 is 0 Å². The molecule has 0 aliphatic carbocycles. The van der Waals surface area contributed by atoms with Gasteiger partial charge in [0, 0.05) is 12.3 Å². The molecule has 1 saturated heterocycles. The van der Waals surface area contributed by atoms with Gasteiger partial charge in [-0.2, -0.15) is 5.10 Å². The molecule has 1 atom stereocenters. The van der Waals surface area contributed by atoms with E-state index in [0.29, 0.717) is 11.3 Å². The standard InChI is InChI=1S/C17H13F3N2O/c1-16(19,20)17(10-23-17)12-2-7-15-11(8-12)9-21-22(15)14-5-3-13(18)4-6-14/h2-9H,10H2,1H3. The van der Waals surface area contributed by atoms with Gasteiger partial charge in [-0.3, -0.25) is 0 Å². The zero-order valence-corrected chi connectivity index (χ0v) is 12.3. The average Bonchev–Trinajstić information content (AvgIpc) is 3.23. The molecular weight excluding hydrogens is 305 g/mol. The minimum Gasteiger partial charge on any atom is -0.358 e. The van der Waals surface area contributed by atoms with Gasteiger partial charge in [-0.1, -0.05) is 6.07 Å². The van der Waals surface area contributed by atoms with Crippen LogP contribution in [-0.2, 0) is 10.3 Å². The van der Waals surface area contributed by atoms with Gasteiger partial charge in [0.15, 0.2) is 5.60 Å². The second kappa shape index (κ2) is 4.58. The second-order valence-corrected chi connectivity index (χ2v) is 5.81. The highest BCUT2D eigenvalue weighted by Crippen LogP contribution is 2.51. The van der Waals surface area contributed by atoms with Gasteiger partial charge in [0.25, 0.3) is 5.92 Å². The van der Waals surface area contributed by atoms with Crippen molar-refractivity contribution >= 4 is 10.9 Å². The third kappa shape index (κ3) is 2.13. The van der Waals surface area contributed by atoms with Crippen LogP contribution in [0, 0.1) is 5.82 Å². The summed E-state index contributed by atoms with van der Waals surface area (Å²) >= 11 is 0. The summed E-state index contributed by atoms with van der Waals surface area (Å²) in [5, 5.41) is 4.99. The number of benzene rings is 2. The number of hydrogen-bond donors (Lipinski definition) is 0. The quantitative estimate of drug-likeness (QED) is 0.682. The highest BCUT2D eigenvalue weighted by molar-refractivity contribution is 5.81. The van der Waals surface area contributed by atoms with Crippen LogP contribution in [-0.4, -0.2) is 22.3 Å². The smallest absolute Gasteiger partial charge is 0.280 e. The van der Waals surface area contributed by atoms with E-state index in [2.05, 4.69) is 5.10 Å². The van der Waals surface area contributed by atoms with Crippen molar-refractivity contribution in [2.45, 2.75) is 18.4 Å². The first-order chi connectivity index (χ1) is 10.9. The molecule has 2 heterocycles. The predicted molar refractivity (Wildman–Crippen MR) is 79.3 cm³/mol. The molecule has 1 unspecified atom stereocenters. The summed E-state index contributed by atoms with van der Waals surface area (Å²) < 4.78 is 47.3. The van der Waals surface area contributed by atoms with E-state index in [-0.39, 0.29) is 12.4 Å². The zero-order chi connectivity index (χ0) is 16.2. The van der Waals surface area contributed by atoms with E-state index in [1.165, 1.54) is 12.1 Å². The fraction of sp³-hybridized carbons (Fsp3) is 0.235. The first-order valence-corrected chi connectivity index (χ1v) is 7.17. The Labute approximate surface area is 130 Å². The number of epoxide rings is 1. The third-order valence-electron chi connectivity index (χ3n) is 4.25. The summed E-state index contributed by atoms with van der Waals surface area (Å²) in [5.41, 5.74) is 0.373. The van der Waals surface area contributed by atoms with Crippen molar-refractivity contribution in [2.24, 2.45) is 0 Å². The van der Waals surface area contributed by atoms with E-state index in [1.807, 2.05) is 0 Å². The third-order valence-corrected chi connectivity index (χ3v) is 4.25. The van der Waals surface area contributed by atoms with E-state index in [0.717, 1.165) is 17.8 Å². The number of halogens is 3. The Morgan fingerprint density at radius 2 is 1.87 bits per heavy atom. The van der Waals surface area contributed by atoms with E-state index in [4.69, 9.17) is 4.74 Å². The van der Waals surface area contributed by atoms with Crippen molar-refractivity contribution in [2.75, 3.05) is 6.61 Å². The minimum atomic E-state index is -2.95. The van der Waals surface area contributed by atoms with E-state index < -0.39 is 11.5 Å². The maximum Gasteiger partial charge on any atom is 0.280 e. The van der Waals surface area contributed by atoms with Crippen molar-refractivity contribution in [3.05, 3.63) is 60.0 Å². The van der Waals surface area contributed by atoms with Crippen molar-refractivity contribution < 1.29 is 17.9 Å². The fourth-order valence-corrected chi connectivity index (χ4v) is 2.82. The van der Waals surface area contributed by atoms with Crippen LogP contribution in [0.3, 0.4) is 0 Å². The molecule has 1 aromatic heterocycles. The molecule has 118 valence electrons. The topological polar surface area (TPSA) is 30.4 Å². The zero-order valence-electron chi connectivity index (χ0n) is 12.3. The van der Waals surface area contributed by atoms with Gasteiger partial charge >= 0.3 is 0 Å².